The molecule has 0 amide bonds. The van der Waals surface area contributed by atoms with E-state index in [1.165, 1.54) is 48.5 Å². The Kier molecular flexibility index (Phi) is 7.58. The first-order chi connectivity index (χ1) is 16.4. The van der Waals surface area contributed by atoms with E-state index in [9.17, 15) is 17.6 Å². The number of ether oxygens (including phenoxy) is 3. The lowest BCUT2D eigenvalue weighted by molar-refractivity contribution is -0.207. The van der Waals surface area contributed by atoms with Crippen molar-refractivity contribution in [2.75, 3.05) is 19.7 Å². The van der Waals surface area contributed by atoms with Crippen LogP contribution in [0.25, 0.3) is 22.3 Å². The maximum absolute atomic E-state index is 14.9. The standard InChI is InChI=1S/C26H25BF4O3/c1-2-3-15-12-32-26(33-13-15)20-9-8-18(22(28)24(20)30)16-4-6-17(7-5-16)19-10-11-21(34-14-27)25(31)23(19)29/h4-11,15,26H,2-3,12-14,27H2,1H3. The lowest BCUT2D eigenvalue weighted by Crippen LogP contribution is -2.27. The molecule has 0 atom stereocenters. The van der Waals surface area contributed by atoms with E-state index >= 15 is 0 Å². The van der Waals surface area contributed by atoms with Crippen LogP contribution in [0, 0.1) is 29.2 Å². The van der Waals surface area contributed by atoms with E-state index in [1.54, 1.807) is 7.85 Å². The number of benzene rings is 3. The molecule has 1 fully saturated rings. The van der Waals surface area contributed by atoms with Gasteiger partial charge >= 0.3 is 0 Å². The van der Waals surface area contributed by atoms with E-state index < -0.39 is 29.6 Å². The van der Waals surface area contributed by atoms with Crippen molar-refractivity contribution < 1.29 is 31.8 Å². The van der Waals surface area contributed by atoms with Crippen molar-refractivity contribution >= 4 is 7.85 Å². The van der Waals surface area contributed by atoms with Crippen molar-refractivity contribution in [2.24, 2.45) is 5.92 Å². The zero-order valence-electron chi connectivity index (χ0n) is 19.0. The summed E-state index contributed by atoms with van der Waals surface area (Å²) in [6.07, 6.45) is 1.00. The van der Waals surface area contributed by atoms with Gasteiger partial charge in [-0.3, -0.25) is 0 Å². The van der Waals surface area contributed by atoms with Gasteiger partial charge in [-0.25, -0.2) is 13.2 Å². The van der Waals surface area contributed by atoms with E-state index in [-0.39, 0.29) is 34.9 Å². The summed E-state index contributed by atoms with van der Waals surface area (Å²) in [5.74, 6) is -4.06. The molecular weight excluding hydrogens is 447 g/mol. The van der Waals surface area contributed by atoms with Crippen molar-refractivity contribution in [1.82, 2.24) is 0 Å². The average molecular weight is 472 g/mol. The van der Waals surface area contributed by atoms with Gasteiger partial charge in [0.25, 0.3) is 0 Å². The summed E-state index contributed by atoms with van der Waals surface area (Å²) in [6, 6.07) is 11.8. The molecule has 0 bridgehead atoms. The summed E-state index contributed by atoms with van der Waals surface area (Å²) in [6.45, 7) is 3.15. The molecule has 1 aliphatic heterocycles. The molecule has 1 heterocycles. The predicted octanol–water partition coefficient (Wildman–Crippen LogP) is 6.01. The van der Waals surface area contributed by atoms with Crippen LogP contribution in [0.2, 0.25) is 0 Å². The molecule has 8 heteroatoms. The van der Waals surface area contributed by atoms with Gasteiger partial charge in [0, 0.05) is 22.6 Å². The topological polar surface area (TPSA) is 27.7 Å². The molecule has 0 aromatic heterocycles. The molecule has 3 nitrogen and oxygen atoms in total. The highest BCUT2D eigenvalue weighted by atomic mass is 19.2. The summed E-state index contributed by atoms with van der Waals surface area (Å²) < 4.78 is 74.9. The lowest BCUT2D eigenvalue weighted by atomic mass is 9.98. The van der Waals surface area contributed by atoms with E-state index in [4.69, 9.17) is 14.2 Å². The maximum atomic E-state index is 14.9. The number of hydrogen-bond donors (Lipinski definition) is 0. The van der Waals surface area contributed by atoms with Crippen molar-refractivity contribution in [2.45, 2.75) is 26.1 Å². The van der Waals surface area contributed by atoms with Crippen LogP contribution >= 0.6 is 0 Å². The molecule has 0 N–H and O–H groups in total. The third kappa shape index (κ3) is 4.84. The van der Waals surface area contributed by atoms with Gasteiger partial charge in [0.1, 0.15) is 0 Å². The van der Waals surface area contributed by atoms with E-state index in [0.29, 0.717) is 24.3 Å². The fourth-order valence-corrected chi connectivity index (χ4v) is 4.12. The SMILES string of the molecule is BCOc1ccc(-c2ccc(-c3ccc(C4OCC(CCC)CO4)c(F)c3F)cc2)c(F)c1F. The molecule has 4 rings (SSSR count). The Hall–Kier alpha value is -2.84. The lowest BCUT2D eigenvalue weighted by Gasteiger charge is -2.29. The van der Waals surface area contributed by atoms with Crippen LogP contribution in [0.4, 0.5) is 17.6 Å². The summed E-state index contributed by atoms with van der Waals surface area (Å²) in [5, 5.41) is 0. The number of halogens is 4. The minimum absolute atomic E-state index is 0.0137. The molecule has 34 heavy (non-hydrogen) atoms. The monoisotopic (exact) mass is 472 g/mol. The third-order valence-corrected chi connectivity index (χ3v) is 5.88. The Morgan fingerprint density at radius 1 is 0.794 bits per heavy atom. The second-order valence-corrected chi connectivity index (χ2v) is 8.23. The minimum Gasteiger partial charge on any atom is -0.500 e. The highest BCUT2D eigenvalue weighted by Gasteiger charge is 2.27. The van der Waals surface area contributed by atoms with Crippen molar-refractivity contribution in [3.8, 4) is 28.0 Å². The fourth-order valence-electron chi connectivity index (χ4n) is 4.12. The smallest absolute Gasteiger partial charge is 0.201 e. The van der Waals surface area contributed by atoms with Crippen molar-refractivity contribution in [3.63, 3.8) is 0 Å². The van der Waals surface area contributed by atoms with Crippen LogP contribution in [0.3, 0.4) is 0 Å². The van der Waals surface area contributed by atoms with E-state index in [2.05, 4.69) is 6.92 Å². The largest absolute Gasteiger partial charge is 0.500 e. The highest BCUT2D eigenvalue weighted by Crippen LogP contribution is 2.35. The second kappa shape index (κ2) is 10.6. The van der Waals surface area contributed by atoms with Gasteiger partial charge in [0.2, 0.25) is 5.82 Å². The normalized spacial score (nSPS) is 18.1. The quantitative estimate of drug-likeness (QED) is 0.312. The van der Waals surface area contributed by atoms with Crippen LogP contribution < -0.4 is 4.74 Å². The van der Waals surface area contributed by atoms with E-state index in [1.807, 2.05) is 0 Å². The molecule has 1 saturated heterocycles. The zero-order valence-corrected chi connectivity index (χ0v) is 19.0. The van der Waals surface area contributed by atoms with Gasteiger partial charge in [0.15, 0.2) is 37.3 Å². The molecule has 3 aromatic rings. The maximum Gasteiger partial charge on any atom is 0.201 e. The molecular formula is C26H25BF4O3. The van der Waals surface area contributed by atoms with Gasteiger partial charge in [-0.2, -0.15) is 4.39 Å². The fraction of sp³-hybridized carbons (Fsp3) is 0.308. The molecule has 0 unspecified atom stereocenters. The second-order valence-electron chi connectivity index (χ2n) is 8.23. The van der Waals surface area contributed by atoms with Gasteiger partial charge < -0.3 is 14.2 Å². The summed E-state index contributed by atoms with van der Waals surface area (Å²) in [7, 11) is 1.68. The molecule has 3 aromatic carbocycles. The molecule has 0 spiro atoms. The van der Waals surface area contributed by atoms with Crippen LogP contribution in [0.1, 0.15) is 31.6 Å². The van der Waals surface area contributed by atoms with Gasteiger partial charge in [-0.1, -0.05) is 49.7 Å². The molecule has 0 aliphatic carbocycles. The number of hydrogen-bond acceptors (Lipinski definition) is 3. The van der Waals surface area contributed by atoms with Crippen molar-refractivity contribution in [1.29, 1.82) is 0 Å². The van der Waals surface area contributed by atoms with Gasteiger partial charge in [-0.15, -0.1) is 0 Å². The molecule has 1 aliphatic rings. The van der Waals surface area contributed by atoms with Crippen molar-refractivity contribution in [3.05, 3.63) is 77.4 Å². The Morgan fingerprint density at radius 3 is 1.91 bits per heavy atom. The zero-order chi connectivity index (χ0) is 24.2. The third-order valence-electron chi connectivity index (χ3n) is 5.88. The Labute approximate surface area is 197 Å². The van der Waals surface area contributed by atoms with Gasteiger partial charge in [0.05, 0.1) is 19.7 Å². The first-order valence-electron chi connectivity index (χ1n) is 11.4. The Bertz CT molecular complexity index is 1150. The Morgan fingerprint density at radius 2 is 1.35 bits per heavy atom. The van der Waals surface area contributed by atoms with E-state index in [0.717, 1.165) is 12.8 Å². The Balaban J connectivity index is 1.56. The minimum atomic E-state index is -1.07. The average Bonchev–Trinajstić information content (AvgIpc) is 2.85. The van der Waals surface area contributed by atoms with Gasteiger partial charge in [-0.05, 0) is 29.7 Å². The van der Waals surface area contributed by atoms with Crippen LogP contribution in [0.15, 0.2) is 48.5 Å². The number of rotatable bonds is 7. The summed E-state index contributed by atoms with van der Waals surface area (Å²) >= 11 is 0. The summed E-state index contributed by atoms with van der Waals surface area (Å²) in [4.78, 5) is 0. The van der Waals surface area contributed by atoms with Crippen LogP contribution in [0.5, 0.6) is 5.75 Å². The first kappa shape index (κ1) is 24.3. The first-order valence-corrected chi connectivity index (χ1v) is 11.4. The molecule has 0 radical (unpaired) electrons. The molecule has 178 valence electrons. The predicted molar refractivity (Wildman–Crippen MR) is 124 cm³/mol. The summed E-state index contributed by atoms with van der Waals surface area (Å²) in [5.41, 5.74) is 0.895. The highest BCUT2D eigenvalue weighted by molar-refractivity contribution is 6.08. The van der Waals surface area contributed by atoms with Crippen LogP contribution in [-0.4, -0.2) is 27.6 Å². The van der Waals surface area contributed by atoms with Crippen LogP contribution in [-0.2, 0) is 9.47 Å². The molecule has 0 saturated carbocycles.